The van der Waals surface area contributed by atoms with Crippen LogP contribution in [0.5, 0.6) is 5.75 Å². The van der Waals surface area contributed by atoms with Crippen LogP contribution in [-0.4, -0.2) is 18.6 Å². The van der Waals surface area contributed by atoms with Gasteiger partial charge in [-0.05, 0) is 18.4 Å². The molecule has 5 heteroatoms. The van der Waals surface area contributed by atoms with Gasteiger partial charge in [0.1, 0.15) is 5.75 Å². The Morgan fingerprint density at radius 1 is 1.45 bits per heavy atom. The molecule has 2 atom stereocenters. The molecule has 3 N–H and O–H groups in total. The molecule has 1 aromatic rings. The predicted molar refractivity (Wildman–Crippen MR) is 82.1 cm³/mol. The lowest BCUT2D eigenvalue weighted by Crippen LogP contribution is -2.43. The smallest absolute Gasteiger partial charge is 0.237 e. The van der Waals surface area contributed by atoms with Gasteiger partial charge in [-0.3, -0.25) is 4.79 Å². The molecule has 1 amide bonds. The third-order valence-corrected chi connectivity index (χ3v) is 3.34. The molecule has 0 aliphatic carbocycles. The summed E-state index contributed by atoms with van der Waals surface area (Å²) in [6.07, 6.45) is 1.49. The van der Waals surface area contributed by atoms with E-state index in [1.807, 2.05) is 24.3 Å². The normalized spacial score (nSPS) is 18.5. The first-order chi connectivity index (χ1) is 9.08. The standard InChI is InChI=1S/C15H22N2O2.ClH/c1-10(2)9-12(16)15(18)17-13-7-8-19-14-6-4-3-5-11(13)14;/h3-6,10,12-13H,7-9,16H2,1-2H3,(H,17,18);1H/t12-,13?;/m0./s1. The highest BCUT2D eigenvalue weighted by Crippen LogP contribution is 2.31. The van der Waals surface area contributed by atoms with Gasteiger partial charge in [0.2, 0.25) is 5.91 Å². The van der Waals surface area contributed by atoms with Gasteiger partial charge >= 0.3 is 0 Å². The van der Waals surface area contributed by atoms with E-state index in [0.717, 1.165) is 17.7 Å². The van der Waals surface area contributed by atoms with Crippen molar-refractivity contribution in [2.75, 3.05) is 6.61 Å². The van der Waals surface area contributed by atoms with Crippen molar-refractivity contribution in [3.63, 3.8) is 0 Å². The summed E-state index contributed by atoms with van der Waals surface area (Å²) in [5.74, 6) is 1.20. The van der Waals surface area contributed by atoms with Crippen molar-refractivity contribution in [2.24, 2.45) is 11.7 Å². The fourth-order valence-electron chi connectivity index (χ4n) is 2.39. The molecule has 0 saturated carbocycles. The number of para-hydroxylation sites is 1. The number of ether oxygens (including phenoxy) is 1. The van der Waals surface area contributed by atoms with E-state index in [0.29, 0.717) is 18.9 Å². The van der Waals surface area contributed by atoms with Crippen LogP contribution in [0.2, 0.25) is 0 Å². The number of benzene rings is 1. The van der Waals surface area contributed by atoms with Gasteiger partial charge in [0.05, 0.1) is 18.7 Å². The highest BCUT2D eigenvalue weighted by Gasteiger charge is 2.24. The fraction of sp³-hybridized carbons (Fsp3) is 0.533. The van der Waals surface area contributed by atoms with Crippen LogP contribution in [0.15, 0.2) is 24.3 Å². The molecule has 0 bridgehead atoms. The van der Waals surface area contributed by atoms with E-state index in [9.17, 15) is 4.79 Å². The number of carbonyl (C=O) groups is 1. The Hall–Kier alpha value is -1.26. The number of hydrogen-bond donors (Lipinski definition) is 2. The Kier molecular flexibility index (Phi) is 6.30. The van der Waals surface area contributed by atoms with Gasteiger partial charge in [0, 0.05) is 12.0 Å². The molecule has 0 saturated heterocycles. The van der Waals surface area contributed by atoms with Crippen LogP contribution in [-0.2, 0) is 4.79 Å². The van der Waals surface area contributed by atoms with Crippen LogP contribution >= 0.6 is 12.4 Å². The van der Waals surface area contributed by atoms with Crippen LogP contribution in [0, 0.1) is 5.92 Å². The Bertz CT molecular complexity index is 451. The number of rotatable bonds is 4. The summed E-state index contributed by atoms with van der Waals surface area (Å²) in [4.78, 5) is 12.1. The topological polar surface area (TPSA) is 64.4 Å². The summed E-state index contributed by atoms with van der Waals surface area (Å²) >= 11 is 0. The van der Waals surface area contributed by atoms with E-state index in [-0.39, 0.29) is 24.4 Å². The zero-order chi connectivity index (χ0) is 13.8. The molecule has 1 aliphatic rings. The van der Waals surface area contributed by atoms with Crippen LogP contribution in [0.25, 0.3) is 0 Å². The number of hydrogen-bond acceptors (Lipinski definition) is 3. The van der Waals surface area contributed by atoms with Gasteiger partial charge in [-0.2, -0.15) is 0 Å². The van der Waals surface area contributed by atoms with Crippen LogP contribution in [0.1, 0.15) is 38.3 Å². The van der Waals surface area contributed by atoms with Gasteiger partial charge in [0.15, 0.2) is 0 Å². The Morgan fingerprint density at radius 2 is 2.15 bits per heavy atom. The molecule has 20 heavy (non-hydrogen) atoms. The summed E-state index contributed by atoms with van der Waals surface area (Å²) in [6.45, 7) is 4.76. The van der Waals surface area contributed by atoms with E-state index < -0.39 is 6.04 Å². The molecule has 112 valence electrons. The maximum atomic E-state index is 12.1. The number of nitrogens with two attached hydrogens (primary N) is 1. The molecule has 1 unspecified atom stereocenters. The van der Waals surface area contributed by atoms with Crippen LogP contribution in [0.4, 0.5) is 0 Å². The number of carbonyl (C=O) groups excluding carboxylic acids is 1. The molecule has 0 spiro atoms. The van der Waals surface area contributed by atoms with Crippen molar-refractivity contribution in [2.45, 2.75) is 38.8 Å². The van der Waals surface area contributed by atoms with Gasteiger partial charge in [-0.25, -0.2) is 0 Å². The Labute approximate surface area is 126 Å². The van der Waals surface area contributed by atoms with E-state index in [2.05, 4.69) is 19.2 Å². The maximum Gasteiger partial charge on any atom is 0.237 e. The first kappa shape index (κ1) is 16.8. The van der Waals surface area contributed by atoms with E-state index in [1.165, 1.54) is 0 Å². The van der Waals surface area contributed by atoms with Crippen molar-refractivity contribution in [1.29, 1.82) is 0 Å². The lowest BCUT2D eigenvalue weighted by Gasteiger charge is -2.27. The average Bonchev–Trinajstić information content (AvgIpc) is 2.38. The largest absolute Gasteiger partial charge is 0.493 e. The van der Waals surface area contributed by atoms with Crippen molar-refractivity contribution in [3.05, 3.63) is 29.8 Å². The summed E-state index contributed by atoms with van der Waals surface area (Å²) in [7, 11) is 0. The highest BCUT2D eigenvalue weighted by atomic mass is 35.5. The van der Waals surface area contributed by atoms with Gasteiger partial charge in [0.25, 0.3) is 0 Å². The van der Waals surface area contributed by atoms with E-state index in [1.54, 1.807) is 0 Å². The SMILES string of the molecule is CC(C)C[C@H](N)C(=O)NC1CCOc2ccccc21.Cl. The van der Waals surface area contributed by atoms with Crippen molar-refractivity contribution >= 4 is 18.3 Å². The van der Waals surface area contributed by atoms with Crippen molar-refractivity contribution < 1.29 is 9.53 Å². The lowest BCUT2D eigenvalue weighted by atomic mass is 9.99. The Balaban J connectivity index is 0.00000200. The second-order valence-electron chi connectivity index (χ2n) is 5.47. The molecule has 1 aromatic carbocycles. The zero-order valence-corrected chi connectivity index (χ0v) is 12.8. The minimum Gasteiger partial charge on any atom is -0.493 e. The number of halogens is 1. The summed E-state index contributed by atoms with van der Waals surface area (Å²) in [6, 6.07) is 7.40. The first-order valence-corrected chi connectivity index (χ1v) is 6.85. The first-order valence-electron chi connectivity index (χ1n) is 6.85. The molecular formula is C15H23ClN2O2. The zero-order valence-electron chi connectivity index (χ0n) is 12.0. The molecule has 4 nitrogen and oxygen atoms in total. The molecule has 0 aromatic heterocycles. The molecule has 0 fully saturated rings. The minimum absolute atomic E-state index is 0. The molecule has 0 radical (unpaired) electrons. The van der Waals surface area contributed by atoms with Crippen molar-refractivity contribution in [1.82, 2.24) is 5.32 Å². The minimum atomic E-state index is -0.435. The number of fused-ring (bicyclic) bond motifs is 1. The van der Waals surface area contributed by atoms with Crippen LogP contribution < -0.4 is 15.8 Å². The summed E-state index contributed by atoms with van der Waals surface area (Å²) in [5.41, 5.74) is 6.95. The third-order valence-electron chi connectivity index (χ3n) is 3.34. The van der Waals surface area contributed by atoms with Gasteiger partial charge in [-0.15, -0.1) is 12.4 Å². The van der Waals surface area contributed by atoms with Gasteiger partial charge < -0.3 is 15.8 Å². The monoisotopic (exact) mass is 298 g/mol. The quantitative estimate of drug-likeness (QED) is 0.897. The molecule has 2 rings (SSSR count). The molecular weight excluding hydrogens is 276 g/mol. The van der Waals surface area contributed by atoms with Crippen LogP contribution in [0.3, 0.4) is 0 Å². The lowest BCUT2D eigenvalue weighted by molar-refractivity contribution is -0.123. The second kappa shape index (κ2) is 7.50. The number of nitrogens with one attached hydrogen (secondary N) is 1. The number of amides is 1. The average molecular weight is 299 g/mol. The summed E-state index contributed by atoms with van der Waals surface area (Å²) < 4.78 is 5.58. The maximum absolute atomic E-state index is 12.1. The van der Waals surface area contributed by atoms with E-state index >= 15 is 0 Å². The van der Waals surface area contributed by atoms with Crippen molar-refractivity contribution in [3.8, 4) is 5.75 Å². The highest BCUT2D eigenvalue weighted by molar-refractivity contribution is 5.85. The third kappa shape index (κ3) is 4.12. The second-order valence-corrected chi connectivity index (χ2v) is 5.47. The predicted octanol–water partition coefficient (Wildman–Crippen LogP) is 2.42. The molecule has 1 heterocycles. The fourth-order valence-corrected chi connectivity index (χ4v) is 2.39. The molecule has 1 aliphatic heterocycles. The van der Waals surface area contributed by atoms with E-state index in [4.69, 9.17) is 10.5 Å². The van der Waals surface area contributed by atoms with Gasteiger partial charge in [-0.1, -0.05) is 32.0 Å². The Morgan fingerprint density at radius 3 is 2.85 bits per heavy atom. The summed E-state index contributed by atoms with van der Waals surface area (Å²) in [5, 5.41) is 3.04.